The zero-order valence-corrected chi connectivity index (χ0v) is 8.45. The Morgan fingerprint density at radius 3 is 2.57 bits per heavy atom. The SMILES string of the molecule is Nc1ccc([SH]2C=CC=C2C=O)cc1. The number of benzene rings is 1. The largest absolute Gasteiger partial charge is 0.399 e. The van der Waals surface area contributed by atoms with Crippen molar-refractivity contribution in [1.29, 1.82) is 0 Å². The highest BCUT2D eigenvalue weighted by Gasteiger charge is 2.11. The molecule has 0 radical (unpaired) electrons. The Bertz CT molecular complexity index is 406. The third kappa shape index (κ3) is 1.59. The van der Waals surface area contributed by atoms with Gasteiger partial charge in [0, 0.05) is 10.6 Å². The Labute approximate surface area is 85.5 Å². The van der Waals surface area contributed by atoms with Crippen LogP contribution in [0.25, 0.3) is 0 Å². The number of carbonyl (C=O) groups excluding carboxylic acids is 1. The van der Waals surface area contributed by atoms with E-state index in [9.17, 15) is 4.79 Å². The van der Waals surface area contributed by atoms with Gasteiger partial charge in [-0.15, -0.1) is 0 Å². The van der Waals surface area contributed by atoms with Crippen LogP contribution in [0.5, 0.6) is 0 Å². The Morgan fingerprint density at radius 2 is 1.93 bits per heavy atom. The molecule has 1 aromatic carbocycles. The summed E-state index contributed by atoms with van der Waals surface area (Å²) in [6.45, 7) is 0. The number of hydrogen-bond donors (Lipinski definition) is 2. The molecule has 0 aliphatic carbocycles. The van der Waals surface area contributed by atoms with Crippen molar-refractivity contribution < 1.29 is 4.79 Å². The molecule has 72 valence electrons. The van der Waals surface area contributed by atoms with E-state index in [2.05, 4.69) is 5.41 Å². The first kappa shape index (κ1) is 9.09. The monoisotopic (exact) mass is 205 g/mol. The van der Waals surface area contributed by atoms with E-state index >= 15 is 0 Å². The van der Waals surface area contributed by atoms with Gasteiger partial charge in [-0.1, -0.05) is 6.08 Å². The van der Waals surface area contributed by atoms with Crippen LogP contribution in [0.1, 0.15) is 0 Å². The minimum Gasteiger partial charge on any atom is -0.399 e. The van der Waals surface area contributed by atoms with Gasteiger partial charge in [0.1, 0.15) is 0 Å². The molecule has 1 aliphatic heterocycles. The lowest BCUT2D eigenvalue weighted by Crippen LogP contribution is -1.86. The Morgan fingerprint density at radius 1 is 1.21 bits per heavy atom. The summed E-state index contributed by atoms with van der Waals surface area (Å²) in [6, 6.07) is 7.70. The third-order valence-electron chi connectivity index (χ3n) is 2.07. The fraction of sp³-hybridized carbons (Fsp3) is 0. The standard InChI is InChI=1S/C11H11NOS/c12-9-3-5-10(6-4-9)14-7-1-2-11(14)8-13/h1-8,14H,12H2. The molecule has 0 spiro atoms. The van der Waals surface area contributed by atoms with Crippen LogP contribution >= 0.6 is 10.9 Å². The molecular formula is C11H11NOS. The molecule has 2 nitrogen and oxygen atoms in total. The number of aldehydes is 1. The summed E-state index contributed by atoms with van der Waals surface area (Å²) in [5, 5.41) is 2.07. The lowest BCUT2D eigenvalue weighted by molar-refractivity contribution is -0.104. The maximum Gasteiger partial charge on any atom is 0.155 e. The summed E-state index contributed by atoms with van der Waals surface area (Å²) in [5.74, 6) is 0. The Hall–Kier alpha value is -1.48. The van der Waals surface area contributed by atoms with Gasteiger partial charge in [0.25, 0.3) is 0 Å². The molecule has 3 heteroatoms. The number of nitrogen functional groups attached to an aromatic ring is 1. The highest BCUT2D eigenvalue weighted by molar-refractivity contribution is 8.23. The molecule has 1 unspecified atom stereocenters. The minimum absolute atomic E-state index is 0.559. The van der Waals surface area contributed by atoms with Gasteiger partial charge in [-0.3, -0.25) is 4.79 Å². The van der Waals surface area contributed by atoms with Gasteiger partial charge in [-0.25, -0.2) is 0 Å². The van der Waals surface area contributed by atoms with Crippen LogP contribution in [0.15, 0.2) is 51.6 Å². The summed E-state index contributed by atoms with van der Waals surface area (Å²) in [6.07, 6.45) is 4.74. The van der Waals surface area contributed by atoms with E-state index < -0.39 is 10.9 Å². The third-order valence-corrected chi connectivity index (χ3v) is 4.21. The molecule has 14 heavy (non-hydrogen) atoms. The van der Waals surface area contributed by atoms with Crippen molar-refractivity contribution in [1.82, 2.24) is 0 Å². The highest BCUT2D eigenvalue weighted by atomic mass is 32.2. The molecule has 1 atom stereocenters. The lowest BCUT2D eigenvalue weighted by atomic mass is 10.3. The van der Waals surface area contributed by atoms with Crippen LogP contribution in [0.4, 0.5) is 5.69 Å². The van der Waals surface area contributed by atoms with Crippen LogP contribution < -0.4 is 5.73 Å². The van der Waals surface area contributed by atoms with Crippen LogP contribution in [-0.4, -0.2) is 6.29 Å². The Balaban J connectivity index is 2.32. The molecule has 0 aromatic heterocycles. The molecule has 0 fully saturated rings. The normalized spacial score (nSPS) is 22.0. The van der Waals surface area contributed by atoms with E-state index in [1.807, 2.05) is 36.4 Å². The maximum absolute atomic E-state index is 10.7. The fourth-order valence-corrected chi connectivity index (χ4v) is 3.09. The molecule has 0 amide bonds. The molecular weight excluding hydrogens is 194 g/mol. The van der Waals surface area contributed by atoms with Crippen molar-refractivity contribution in [3.63, 3.8) is 0 Å². The van der Waals surface area contributed by atoms with Crippen LogP contribution in [0, 0.1) is 0 Å². The molecule has 0 bridgehead atoms. The van der Waals surface area contributed by atoms with Crippen molar-refractivity contribution in [2.75, 3.05) is 5.73 Å². The van der Waals surface area contributed by atoms with Gasteiger partial charge in [0.15, 0.2) is 6.29 Å². The number of carbonyl (C=O) groups is 1. The molecule has 2 N–H and O–H groups in total. The quantitative estimate of drug-likeness (QED) is 0.442. The average Bonchev–Trinajstić information content (AvgIpc) is 2.67. The molecule has 1 aromatic rings. The van der Waals surface area contributed by atoms with Crippen molar-refractivity contribution >= 4 is 22.9 Å². The number of hydrogen-bond acceptors (Lipinski definition) is 2. The minimum atomic E-state index is -0.559. The summed E-state index contributed by atoms with van der Waals surface area (Å²) >= 11 is 0. The van der Waals surface area contributed by atoms with Gasteiger partial charge in [0.2, 0.25) is 0 Å². The summed E-state index contributed by atoms with van der Waals surface area (Å²) in [4.78, 5) is 12.8. The predicted molar refractivity (Wildman–Crippen MR) is 61.4 cm³/mol. The number of allylic oxidation sites excluding steroid dienone is 3. The summed E-state index contributed by atoms with van der Waals surface area (Å²) in [5.41, 5.74) is 6.35. The van der Waals surface area contributed by atoms with Gasteiger partial charge < -0.3 is 5.73 Å². The van der Waals surface area contributed by atoms with E-state index in [0.717, 1.165) is 16.9 Å². The van der Waals surface area contributed by atoms with Crippen LogP contribution in [0.3, 0.4) is 0 Å². The highest BCUT2D eigenvalue weighted by Crippen LogP contribution is 2.47. The smallest absolute Gasteiger partial charge is 0.155 e. The Kier molecular flexibility index (Phi) is 2.41. The topological polar surface area (TPSA) is 43.1 Å². The van der Waals surface area contributed by atoms with Crippen LogP contribution in [0.2, 0.25) is 0 Å². The van der Waals surface area contributed by atoms with Crippen molar-refractivity contribution in [3.05, 3.63) is 46.7 Å². The van der Waals surface area contributed by atoms with Crippen molar-refractivity contribution in [2.24, 2.45) is 0 Å². The van der Waals surface area contributed by atoms with Gasteiger partial charge >= 0.3 is 0 Å². The van der Waals surface area contributed by atoms with Crippen molar-refractivity contribution in [2.45, 2.75) is 4.90 Å². The number of anilines is 1. The van der Waals surface area contributed by atoms with Gasteiger partial charge in [-0.2, -0.15) is 10.9 Å². The molecule has 1 aliphatic rings. The van der Waals surface area contributed by atoms with Crippen LogP contribution in [-0.2, 0) is 4.79 Å². The molecule has 0 saturated carbocycles. The van der Waals surface area contributed by atoms with E-state index in [-0.39, 0.29) is 0 Å². The number of rotatable bonds is 2. The first-order valence-electron chi connectivity index (χ1n) is 4.30. The lowest BCUT2D eigenvalue weighted by Gasteiger charge is -2.14. The first-order chi connectivity index (χ1) is 6.81. The van der Waals surface area contributed by atoms with E-state index in [1.165, 1.54) is 4.90 Å². The molecule has 2 rings (SSSR count). The van der Waals surface area contributed by atoms with E-state index in [1.54, 1.807) is 0 Å². The molecule has 1 heterocycles. The zero-order chi connectivity index (χ0) is 9.97. The van der Waals surface area contributed by atoms with Gasteiger partial charge in [0.05, 0.1) is 0 Å². The second-order valence-electron chi connectivity index (χ2n) is 3.01. The zero-order valence-electron chi connectivity index (χ0n) is 7.55. The summed E-state index contributed by atoms with van der Waals surface area (Å²) < 4.78 is 0. The van der Waals surface area contributed by atoms with E-state index in [4.69, 9.17) is 5.73 Å². The summed E-state index contributed by atoms with van der Waals surface area (Å²) in [7, 11) is -0.559. The van der Waals surface area contributed by atoms with Crippen molar-refractivity contribution in [3.8, 4) is 0 Å². The fourth-order valence-electron chi connectivity index (χ4n) is 1.36. The number of nitrogens with two attached hydrogens (primary N) is 1. The average molecular weight is 205 g/mol. The maximum atomic E-state index is 10.7. The van der Waals surface area contributed by atoms with E-state index in [0.29, 0.717) is 0 Å². The van der Waals surface area contributed by atoms with Gasteiger partial charge in [-0.05, 0) is 40.6 Å². The first-order valence-corrected chi connectivity index (χ1v) is 5.71. The number of thiol groups is 1. The second-order valence-corrected chi connectivity index (χ2v) is 5.08. The molecule has 0 saturated heterocycles. The predicted octanol–water partition coefficient (Wildman–Crippen LogP) is 2.24. The second kappa shape index (κ2) is 3.72.